The molecule has 17 heavy (non-hydrogen) atoms. The molecule has 2 aromatic rings. The second-order valence-electron chi connectivity index (χ2n) is 4.39. The molecule has 0 saturated carbocycles. The first-order valence-corrected chi connectivity index (χ1v) is 6.63. The first-order chi connectivity index (χ1) is 8.33. The summed E-state index contributed by atoms with van der Waals surface area (Å²) in [6, 6.07) is 8.19. The average Bonchev–Trinajstić information content (AvgIpc) is 3.00. The molecule has 2 heterocycles. The standard InChI is InChI=1S/C13H14BrN3/c14-12-2-1-3-13(6-12)17-9-11(8-16-17)10-4-5-15-7-10/h1-3,6,8-10,15H,4-5,7H2. The fourth-order valence-electron chi connectivity index (χ4n) is 2.25. The van der Waals surface area contributed by atoms with Crippen molar-refractivity contribution in [1.29, 1.82) is 0 Å². The lowest BCUT2D eigenvalue weighted by atomic mass is 10.0. The molecule has 0 spiro atoms. The van der Waals surface area contributed by atoms with Crippen molar-refractivity contribution in [1.82, 2.24) is 15.1 Å². The first-order valence-electron chi connectivity index (χ1n) is 5.84. The fraction of sp³-hybridized carbons (Fsp3) is 0.308. The summed E-state index contributed by atoms with van der Waals surface area (Å²) < 4.78 is 3.02. The van der Waals surface area contributed by atoms with Gasteiger partial charge in [-0.2, -0.15) is 5.10 Å². The first kappa shape index (κ1) is 11.0. The van der Waals surface area contributed by atoms with Gasteiger partial charge in [0.2, 0.25) is 0 Å². The Morgan fingerprint density at radius 1 is 1.41 bits per heavy atom. The number of nitrogens with one attached hydrogen (secondary N) is 1. The van der Waals surface area contributed by atoms with Gasteiger partial charge in [0.25, 0.3) is 0 Å². The molecule has 1 aromatic carbocycles. The molecule has 3 nitrogen and oxygen atoms in total. The van der Waals surface area contributed by atoms with Gasteiger partial charge in [0.1, 0.15) is 0 Å². The number of aromatic nitrogens is 2. The van der Waals surface area contributed by atoms with E-state index in [1.165, 1.54) is 12.0 Å². The van der Waals surface area contributed by atoms with Crippen molar-refractivity contribution in [2.45, 2.75) is 12.3 Å². The van der Waals surface area contributed by atoms with E-state index in [0.29, 0.717) is 5.92 Å². The van der Waals surface area contributed by atoms with Crippen molar-refractivity contribution in [2.24, 2.45) is 0 Å². The zero-order valence-electron chi connectivity index (χ0n) is 9.44. The molecule has 0 radical (unpaired) electrons. The van der Waals surface area contributed by atoms with Crippen molar-refractivity contribution >= 4 is 15.9 Å². The van der Waals surface area contributed by atoms with E-state index in [1.807, 2.05) is 23.0 Å². The second-order valence-corrected chi connectivity index (χ2v) is 5.30. The van der Waals surface area contributed by atoms with Crippen LogP contribution in [0.5, 0.6) is 0 Å². The number of hydrogen-bond donors (Lipinski definition) is 1. The molecule has 1 N–H and O–H groups in total. The number of rotatable bonds is 2. The SMILES string of the molecule is Brc1cccc(-n2cc(C3CCNC3)cn2)c1. The van der Waals surface area contributed by atoms with Crippen molar-refractivity contribution in [3.63, 3.8) is 0 Å². The molecule has 3 rings (SSSR count). The molecule has 1 unspecified atom stereocenters. The molecule has 1 aliphatic heterocycles. The molecule has 1 saturated heterocycles. The summed E-state index contributed by atoms with van der Waals surface area (Å²) >= 11 is 3.48. The van der Waals surface area contributed by atoms with Crippen molar-refractivity contribution in [2.75, 3.05) is 13.1 Å². The van der Waals surface area contributed by atoms with Gasteiger partial charge < -0.3 is 5.32 Å². The predicted molar refractivity (Wildman–Crippen MR) is 71.5 cm³/mol. The Labute approximate surface area is 109 Å². The molecule has 88 valence electrons. The lowest BCUT2D eigenvalue weighted by Gasteiger charge is -2.04. The largest absolute Gasteiger partial charge is 0.316 e. The third-order valence-electron chi connectivity index (χ3n) is 3.21. The molecule has 1 aromatic heterocycles. The minimum absolute atomic E-state index is 0.621. The molecule has 1 aliphatic rings. The van der Waals surface area contributed by atoms with Crippen LogP contribution in [-0.2, 0) is 0 Å². The topological polar surface area (TPSA) is 29.9 Å². The Morgan fingerprint density at radius 3 is 3.12 bits per heavy atom. The van der Waals surface area contributed by atoms with Gasteiger partial charge in [-0.1, -0.05) is 22.0 Å². The van der Waals surface area contributed by atoms with E-state index in [2.05, 4.69) is 44.7 Å². The summed E-state index contributed by atoms with van der Waals surface area (Å²) in [7, 11) is 0. The van der Waals surface area contributed by atoms with Crippen LogP contribution in [0.4, 0.5) is 0 Å². The van der Waals surface area contributed by atoms with Crippen LogP contribution in [0.15, 0.2) is 41.1 Å². The fourth-order valence-corrected chi connectivity index (χ4v) is 2.63. The lowest BCUT2D eigenvalue weighted by molar-refractivity contribution is 0.762. The van der Waals surface area contributed by atoms with Crippen molar-refractivity contribution in [3.8, 4) is 5.69 Å². The predicted octanol–water partition coefficient (Wildman–Crippen LogP) is 2.71. The van der Waals surface area contributed by atoms with Gasteiger partial charge in [-0.05, 0) is 36.7 Å². The molecule has 4 heteroatoms. The van der Waals surface area contributed by atoms with Gasteiger partial charge in [0, 0.05) is 23.1 Å². The number of benzene rings is 1. The average molecular weight is 292 g/mol. The van der Waals surface area contributed by atoms with E-state index in [0.717, 1.165) is 23.2 Å². The summed E-state index contributed by atoms with van der Waals surface area (Å²) in [6.07, 6.45) is 5.34. The van der Waals surface area contributed by atoms with Gasteiger partial charge in [0.15, 0.2) is 0 Å². The van der Waals surface area contributed by atoms with Gasteiger partial charge >= 0.3 is 0 Å². The molecular weight excluding hydrogens is 278 g/mol. The highest BCUT2D eigenvalue weighted by Crippen LogP contribution is 2.23. The Hall–Kier alpha value is -1.13. The molecule has 0 amide bonds. The summed E-state index contributed by atoms with van der Waals surface area (Å²) in [5, 5.41) is 7.82. The highest BCUT2D eigenvalue weighted by Gasteiger charge is 2.18. The maximum absolute atomic E-state index is 4.44. The van der Waals surface area contributed by atoms with E-state index in [-0.39, 0.29) is 0 Å². The van der Waals surface area contributed by atoms with E-state index in [9.17, 15) is 0 Å². The molecular formula is C13H14BrN3. The second kappa shape index (κ2) is 4.63. The number of nitrogens with zero attached hydrogens (tertiary/aromatic N) is 2. The van der Waals surface area contributed by atoms with Crippen molar-refractivity contribution < 1.29 is 0 Å². The van der Waals surface area contributed by atoms with Crippen LogP contribution in [0.3, 0.4) is 0 Å². The van der Waals surface area contributed by atoms with Crippen LogP contribution in [-0.4, -0.2) is 22.9 Å². The smallest absolute Gasteiger partial charge is 0.0656 e. The minimum Gasteiger partial charge on any atom is -0.316 e. The van der Waals surface area contributed by atoms with Gasteiger partial charge in [-0.15, -0.1) is 0 Å². The third kappa shape index (κ3) is 2.28. The Balaban J connectivity index is 1.89. The Kier molecular flexibility index (Phi) is 2.99. The van der Waals surface area contributed by atoms with Crippen LogP contribution in [0, 0.1) is 0 Å². The molecule has 1 fully saturated rings. The zero-order chi connectivity index (χ0) is 11.7. The van der Waals surface area contributed by atoms with Gasteiger partial charge in [-0.25, -0.2) is 4.68 Å². The Bertz CT molecular complexity index is 515. The summed E-state index contributed by atoms with van der Waals surface area (Å²) in [4.78, 5) is 0. The normalized spacial score (nSPS) is 19.7. The molecule has 1 atom stereocenters. The van der Waals surface area contributed by atoms with Crippen molar-refractivity contribution in [3.05, 3.63) is 46.7 Å². The summed E-state index contributed by atoms with van der Waals surface area (Å²) in [6.45, 7) is 2.19. The third-order valence-corrected chi connectivity index (χ3v) is 3.70. The van der Waals surface area contributed by atoms with Crippen LogP contribution in [0.1, 0.15) is 17.9 Å². The number of hydrogen-bond acceptors (Lipinski definition) is 2. The van der Waals surface area contributed by atoms with Crippen LogP contribution in [0.25, 0.3) is 5.69 Å². The summed E-state index contributed by atoms with van der Waals surface area (Å²) in [5.74, 6) is 0.621. The summed E-state index contributed by atoms with van der Waals surface area (Å²) in [5.41, 5.74) is 2.42. The minimum atomic E-state index is 0.621. The van der Waals surface area contributed by atoms with E-state index in [1.54, 1.807) is 0 Å². The number of halogens is 1. The van der Waals surface area contributed by atoms with Gasteiger partial charge in [0.05, 0.1) is 11.9 Å². The van der Waals surface area contributed by atoms with E-state index in [4.69, 9.17) is 0 Å². The monoisotopic (exact) mass is 291 g/mol. The zero-order valence-corrected chi connectivity index (χ0v) is 11.0. The maximum Gasteiger partial charge on any atom is 0.0656 e. The lowest BCUT2D eigenvalue weighted by Crippen LogP contribution is -2.07. The quantitative estimate of drug-likeness (QED) is 0.922. The van der Waals surface area contributed by atoms with E-state index < -0.39 is 0 Å². The van der Waals surface area contributed by atoms with Crippen LogP contribution < -0.4 is 5.32 Å². The molecule has 0 aliphatic carbocycles. The van der Waals surface area contributed by atoms with E-state index >= 15 is 0 Å². The van der Waals surface area contributed by atoms with Crippen LogP contribution in [0.2, 0.25) is 0 Å². The molecule has 0 bridgehead atoms. The Morgan fingerprint density at radius 2 is 2.35 bits per heavy atom. The highest BCUT2D eigenvalue weighted by atomic mass is 79.9. The maximum atomic E-state index is 4.44. The van der Waals surface area contributed by atoms with Crippen LogP contribution >= 0.6 is 15.9 Å². The van der Waals surface area contributed by atoms with Gasteiger partial charge in [-0.3, -0.25) is 0 Å². The highest BCUT2D eigenvalue weighted by molar-refractivity contribution is 9.10.